The zero-order chi connectivity index (χ0) is 14.8. The number of benzene rings is 1. The van der Waals surface area contributed by atoms with Gasteiger partial charge in [-0.2, -0.15) is 4.98 Å². The van der Waals surface area contributed by atoms with Gasteiger partial charge in [0.15, 0.2) is 5.82 Å². The Balaban J connectivity index is 2.01. The second kappa shape index (κ2) is 5.87. The number of nitrogens with one attached hydrogen (secondary N) is 1. The first kappa shape index (κ1) is 14.1. The molecule has 0 spiro atoms. The van der Waals surface area contributed by atoms with Gasteiger partial charge in [-0.05, 0) is 31.2 Å². The van der Waals surface area contributed by atoms with E-state index in [9.17, 15) is 0 Å². The van der Waals surface area contributed by atoms with Crippen molar-refractivity contribution in [2.75, 3.05) is 6.54 Å². The Morgan fingerprint density at radius 3 is 2.95 bits per heavy atom. The molecule has 0 unspecified atom stereocenters. The molecule has 0 atom stereocenters. The fourth-order valence-corrected chi connectivity index (χ4v) is 2.59. The fraction of sp³-hybridized carbons (Fsp3) is 0.333. The summed E-state index contributed by atoms with van der Waals surface area (Å²) in [7, 11) is 0. The van der Waals surface area contributed by atoms with Crippen LogP contribution in [0.1, 0.15) is 24.2 Å². The van der Waals surface area contributed by atoms with E-state index in [0.29, 0.717) is 18.3 Å². The highest BCUT2D eigenvalue weighted by Gasteiger charge is 2.11. The molecule has 6 heteroatoms. The summed E-state index contributed by atoms with van der Waals surface area (Å²) in [6, 6.07) is 5.94. The highest BCUT2D eigenvalue weighted by Crippen LogP contribution is 2.25. The van der Waals surface area contributed by atoms with E-state index < -0.39 is 0 Å². The normalized spacial score (nSPS) is 11.4. The summed E-state index contributed by atoms with van der Waals surface area (Å²) >= 11 is 6.13. The Morgan fingerprint density at radius 1 is 1.38 bits per heavy atom. The highest BCUT2D eigenvalue weighted by atomic mass is 35.5. The van der Waals surface area contributed by atoms with Crippen molar-refractivity contribution < 1.29 is 4.52 Å². The average molecular weight is 305 g/mol. The second-order valence-corrected chi connectivity index (χ2v) is 5.40. The van der Waals surface area contributed by atoms with Crippen LogP contribution in [0.5, 0.6) is 0 Å². The average Bonchev–Trinajstić information content (AvgIpc) is 3.01. The predicted molar refractivity (Wildman–Crippen MR) is 82.5 cm³/mol. The van der Waals surface area contributed by atoms with E-state index in [4.69, 9.17) is 16.1 Å². The third-order valence-electron chi connectivity index (χ3n) is 3.37. The van der Waals surface area contributed by atoms with Crippen LogP contribution in [0.3, 0.4) is 0 Å². The van der Waals surface area contributed by atoms with Crippen molar-refractivity contribution in [2.45, 2.75) is 26.9 Å². The molecule has 21 heavy (non-hydrogen) atoms. The maximum absolute atomic E-state index is 6.13. The Labute approximate surface area is 127 Å². The lowest BCUT2D eigenvalue weighted by Gasteiger charge is -2.01. The highest BCUT2D eigenvalue weighted by molar-refractivity contribution is 6.31. The monoisotopic (exact) mass is 304 g/mol. The standard InChI is InChI=1S/C15H17ClN4O/c1-3-17-7-11-8-20(9-15-18-10(2)19-21-15)14-6-12(16)4-5-13(11)14/h4-6,8,17H,3,7,9H2,1-2H3. The lowest BCUT2D eigenvalue weighted by molar-refractivity contribution is 0.369. The molecule has 2 aromatic heterocycles. The van der Waals surface area contributed by atoms with Crippen molar-refractivity contribution in [3.05, 3.63) is 46.7 Å². The molecule has 110 valence electrons. The molecule has 0 fully saturated rings. The molecule has 5 nitrogen and oxygen atoms in total. The summed E-state index contributed by atoms with van der Waals surface area (Å²) in [4.78, 5) is 4.26. The van der Waals surface area contributed by atoms with Gasteiger partial charge in [0.2, 0.25) is 5.89 Å². The Morgan fingerprint density at radius 2 is 2.24 bits per heavy atom. The summed E-state index contributed by atoms with van der Waals surface area (Å²) in [5.41, 5.74) is 2.31. The van der Waals surface area contributed by atoms with Crippen molar-refractivity contribution in [3.8, 4) is 0 Å². The minimum absolute atomic E-state index is 0.545. The molecule has 0 bridgehead atoms. The Kier molecular flexibility index (Phi) is 3.94. The van der Waals surface area contributed by atoms with Crippen LogP contribution in [-0.4, -0.2) is 21.3 Å². The molecule has 0 aliphatic carbocycles. The third-order valence-corrected chi connectivity index (χ3v) is 3.60. The van der Waals surface area contributed by atoms with Crippen LogP contribution in [0.25, 0.3) is 10.9 Å². The molecule has 1 aromatic carbocycles. The lowest BCUT2D eigenvalue weighted by Crippen LogP contribution is -2.11. The fourth-order valence-electron chi connectivity index (χ4n) is 2.42. The van der Waals surface area contributed by atoms with Crippen LogP contribution in [-0.2, 0) is 13.1 Å². The number of hydrogen-bond donors (Lipinski definition) is 1. The van der Waals surface area contributed by atoms with Crippen LogP contribution in [0, 0.1) is 6.92 Å². The van der Waals surface area contributed by atoms with Gasteiger partial charge in [-0.15, -0.1) is 0 Å². The predicted octanol–water partition coefficient (Wildman–Crippen LogP) is 3.14. The molecule has 1 N–H and O–H groups in total. The van der Waals surface area contributed by atoms with Crippen molar-refractivity contribution in [1.29, 1.82) is 0 Å². The van der Waals surface area contributed by atoms with E-state index in [-0.39, 0.29) is 0 Å². The number of hydrogen-bond acceptors (Lipinski definition) is 4. The summed E-state index contributed by atoms with van der Waals surface area (Å²) in [6.07, 6.45) is 2.11. The van der Waals surface area contributed by atoms with Gasteiger partial charge < -0.3 is 14.4 Å². The molecule has 0 saturated heterocycles. The van der Waals surface area contributed by atoms with Crippen molar-refractivity contribution >= 4 is 22.5 Å². The minimum Gasteiger partial charge on any atom is -0.338 e. The molecule has 3 aromatic rings. The van der Waals surface area contributed by atoms with Crippen LogP contribution < -0.4 is 5.32 Å². The van der Waals surface area contributed by atoms with Gasteiger partial charge in [0.1, 0.15) is 6.54 Å². The topological polar surface area (TPSA) is 55.9 Å². The van der Waals surface area contributed by atoms with Crippen LogP contribution in [0.2, 0.25) is 5.02 Å². The molecule has 0 aliphatic rings. The molecule has 3 rings (SSSR count). The minimum atomic E-state index is 0.545. The van der Waals surface area contributed by atoms with Crippen molar-refractivity contribution in [1.82, 2.24) is 20.0 Å². The van der Waals surface area contributed by atoms with E-state index in [1.54, 1.807) is 0 Å². The van der Waals surface area contributed by atoms with Crippen molar-refractivity contribution in [3.63, 3.8) is 0 Å². The Bertz CT molecular complexity index is 762. The number of fused-ring (bicyclic) bond motifs is 1. The van der Waals surface area contributed by atoms with Crippen LogP contribution >= 0.6 is 11.6 Å². The number of halogens is 1. The first-order valence-corrected chi connectivity index (χ1v) is 7.32. The molecular weight excluding hydrogens is 288 g/mol. The number of aromatic nitrogens is 3. The van der Waals surface area contributed by atoms with Gasteiger partial charge in [-0.3, -0.25) is 0 Å². The lowest BCUT2D eigenvalue weighted by atomic mass is 10.2. The number of rotatable bonds is 5. The third kappa shape index (κ3) is 2.94. The quantitative estimate of drug-likeness (QED) is 0.787. The first-order valence-electron chi connectivity index (χ1n) is 6.94. The maximum atomic E-state index is 6.13. The van der Waals surface area contributed by atoms with E-state index in [1.165, 1.54) is 10.9 Å². The van der Waals surface area contributed by atoms with Gasteiger partial charge in [0.05, 0.1) is 5.52 Å². The molecule has 2 heterocycles. The summed E-state index contributed by atoms with van der Waals surface area (Å²) in [5, 5.41) is 9.10. The van der Waals surface area contributed by atoms with Crippen LogP contribution in [0.15, 0.2) is 28.9 Å². The molecular formula is C15H17ClN4O. The summed E-state index contributed by atoms with van der Waals surface area (Å²) in [6.45, 7) is 6.21. The number of aryl methyl sites for hydroxylation is 1. The van der Waals surface area contributed by atoms with Gasteiger partial charge in [-0.1, -0.05) is 29.7 Å². The smallest absolute Gasteiger partial charge is 0.246 e. The van der Waals surface area contributed by atoms with Gasteiger partial charge >= 0.3 is 0 Å². The van der Waals surface area contributed by atoms with Crippen LogP contribution in [0.4, 0.5) is 0 Å². The van der Waals surface area contributed by atoms with Crippen molar-refractivity contribution in [2.24, 2.45) is 0 Å². The van der Waals surface area contributed by atoms with E-state index in [2.05, 4.69) is 39.2 Å². The van der Waals surface area contributed by atoms with E-state index in [0.717, 1.165) is 23.6 Å². The van der Waals surface area contributed by atoms with E-state index >= 15 is 0 Å². The molecule has 0 saturated carbocycles. The molecule has 0 amide bonds. The van der Waals surface area contributed by atoms with Gasteiger partial charge in [0.25, 0.3) is 0 Å². The maximum Gasteiger partial charge on any atom is 0.246 e. The largest absolute Gasteiger partial charge is 0.338 e. The van der Waals surface area contributed by atoms with Gasteiger partial charge in [0, 0.05) is 23.2 Å². The molecule has 0 radical (unpaired) electrons. The molecule has 0 aliphatic heterocycles. The SMILES string of the molecule is CCNCc1cn(Cc2nc(C)no2)c2cc(Cl)ccc12. The first-order chi connectivity index (χ1) is 10.2. The number of nitrogens with zero attached hydrogens (tertiary/aromatic N) is 3. The van der Waals surface area contributed by atoms with E-state index in [1.807, 2.05) is 19.1 Å². The Hall–Kier alpha value is -1.85. The van der Waals surface area contributed by atoms with Gasteiger partial charge in [-0.25, -0.2) is 0 Å². The second-order valence-electron chi connectivity index (χ2n) is 4.96. The summed E-state index contributed by atoms with van der Waals surface area (Å²) in [5.74, 6) is 1.24. The zero-order valence-corrected chi connectivity index (χ0v) is 12.8. The summed E-state index contributed by atoms with van der Waals surface area (Å²) < 4.78 is 7.31. The zero-order valence-electron chi connectivity index (χ0n) is 12.1.